The summed E-state index contributed by atoms with van der Waals surface area (Å²) in [6.45, 7) is 1.08. The molecule has 0 aliphatic carbocycles. The monoisotopic (exact) mass is 166 g/mol. The summed E-state index contributed by atoms with van der Waals surface area (Å²) < 4.78 is 0. The SMILES string of the molecule is Cc1cccc(C[O])c1[N+](=O)[O-]. The maximum absolute atomic E-state index is 10.5. The van der Waals surface area contributed by atoms with Gasteiger partial charge in [0, 0.05) is 5.56 Å². The first-order chi connectivity index (χ1) is 5.66. The van der Waals surface area contributed by atoms with Crippen molar-refractivity contribution >= 4 is 5.69 Å². The van der Waals surface area contributed by atoms with Gasteiger partial charge < -0.3 is 0 Å². The van der Waals surface area contributed by atoms with Crippen LogP contribution in [0, 0.1) is 17.0 Å². The fourth-order valence-electron chi connectivity index (χ4n) is 1.10. The Bertz CT molecular complexity index is 309. The van der Waals surface area contributed by atoms with Gasteiger partial charge in [0.2, 0.25) is 0 Å². The fourth-order valence-corrected chi connectivity index (χ4v) is 1.10. The molecule has 0 aliphatic heterocycles. The molecule has 0 spiro atoms. The number of benzene rings is 1. The van der Waals surface area contributed by atoms with Crippen molar-refractivity contribution in [2.75, 3.05) is 0 Å². The van der Waals surface area contributed by atoms with E-state index < -0.39 is 11.5 Å². The molecule has 1 aromatic rings. The Morgan fingerprint density at radius 3 is 2.58 bits per heavy atom. The number of nitro benzene ring substituents is 1. The van der Waals surface area contributed by atoms with Gasteiger partial charge in [-0.2, -0.15) is 0 Å². The van der Waals surface area contributed by atoms with Gasteiger partial charge in [0.05, 0.1) is 10.5 Å². The molecule has 4 heteroatoms. The lowest BCUT2D eigenvalue weighted by atomic mass is 10.1. The van der Waals surface area contributed by atoms with Crippen LogP contribution < -0.4 is 0 Å². The van der Waals surface area contributed by atoms with Crippen molar-refractivity contribution < 1.29 is 10.0 Å². The van der Waals surface area contributed by atoms with Crippen molar-refractivity contribution in [1.29, 1.82) is 0 Å². The molecule has 63 valence electrons. The van der Waals surface area contributed by atoms with Crippen LogP contribution in [0.4, 0.5) is 5.69 Å². The molecule has 0 bridgehead atoms. The lowest BCUT2D eigenvalue weighted by Crippen LogP contribution is -1.96. The lowest BCUT2D eigenvalue weighted by molar-refractivity contribution is -0.386. The molecule has 0 aliphatic rings. The summed E-state index contributed by atoms with van der Waals surface area (Å²) in [5, 5.41) is 21.0. The van der Waals surface area contributed by atoms with Crippen molar-refractivity contribution in [2.24, 2.45) is 0 Å². The van der Waals surface area contributed by atoms with Crippen molar-refractivity contribution in [3.8, 4) is 0 Å². The summed E-state index contributed by atoms with van der Waals surface area (Å²) in [6.07, 6.45) is 0. The van der Waals surface area contributed by atoms with E-state index in [2.05, 4.69) is 0 Å². The number of aryl methyl sites for hydroxylation is 1. The molecule has 0 fully saturated rings. The van der Waals surface area contributed by atoms with Crippen LogP contribution >= 0.6 is 0 Å². The molecule has 0 atom stereocenters. The summed E-state index contributed by atoms with van der Waals surface area (Å²) in [6, 6.07) is 4.75. The summed E-state index contributed by atoms with van der Waals surface area (Å²) in [5.41, 5.74) is 0.737. The van der Waals surface area contributed by atoms with E-state index in [0.717, 1.165) is 0 Å². The number of hydrogen-bond acceptors (Lipinski definition) is 2. The van der Waals surface area contributed by atoms with Crippen molar-refractivity contribution in [3.05, 3.63) is 39.4 Å². The normalized spacial score (nSPS) is 9.83. The molecule has 1 aromatic carbocycles. The van der Waals surface area contributed by atoms with Crippen molar-refractivity contribution in [2.45, 2.75) is 13.5 Å². The first-order valence-electron chi connectivity index (χ1n) is 3.48. The average Bonchev–Trinajstić information content (AvgIpc) is 2.03. The minimum atomic E-state index is -0.544. The third-order valence-corrected chi connectivity index (χ3v) is 1.66. The van der Waals surface area contributed by atoms with E-state index in [9.17, 15) is 15.2 Å². The molecule has 1 radical (unpaired) electrons. The summed E-state index contributed by atoms with van der Waals surface area (Å²) in [4.78, 5) is 9.96. The Kier molecular flexibility index (Phi) is 2.40. The molecule has 0 unspecified atom stereocenters. The quantitative estimate of drug-likeness (QED) is 0.497. The predicted octanol–water partition coefficient (Wildman–Crippen LogP) is 1.83. The van der Waals surface area contributed by atoms with E-state index in [-0.39, 0.29) is 11.3 Å². The van der Waals surface area contributed by atoms with Gasteiger partial charge in [0.15, 0.2) is 0 Å². The Labute approximate surface area is 69.6 Å². The summed E-state index contributed by atoms with van der Waals surface area (Å²) in [5.74, 6) is 0. The standard InChI is InChI=1S/C8H8NO3/c1-6-3-2-4-7(5-10)8(6)9(11)12/h2-4H,5H2,1H3. The van der Waals surface area contributed by atoms with E-state index in [1.54, 1.807) is 19.1 Å². The number of para-hydroxylation sites is 1. The Balaban J connectivity index is 3.29. The number of nitro groups is 1. The van der Waals surface area contributed by atoms with Gasteiger partial charge >= 0.3 is 0 Å². The van der Waals surface area contributed by atoms with Crippen LogP contribution in [0.1, 0.15) is 11.1 Å². The Morgan fingerprint density at radius 2 is 2.17 bits per heavy atom. The molecule has 0 heterocycles. The average molecular weight is 166 g/mol. The van der Waals surface area contributed by atoms with Gasteiger partial charge in [-0.05, 0) is 13.0 Å². The van der Waals surface area contributed by atoms with Crippen LogP contribution in [0.3, 0.4) is 0 Å². The van der Waals surface area contributed by atoms with E-state index in [1.807, 2.05) is 0 Å². The van der Waals surface area contributed by atoms with Gasteiger partial charge in [-0.25, -0.2) is 5.11 Å². The first kappa shape index (κ1) is 8.67. The second kappa shape index (κ2) is 3.32. The van der Waals surface area contributed by atoms with Gasteiger partial charge in [-0.1, -0.05) is 12.1 Å². The van der Waals surface area contributed by atoms with E-state index in [4.69, 9.17) is 0 Å². The highest BCUT2D eigenvalue weighted by Crippen LogP contribution is 2.22. The topological polar surface area (TPSA) is 63.0 Å². The van der Waals surface area contributed by atoms with Crippen LogP contribution in [0.2, 0.25) is 0 Å². The van der Waals surface area contributed by atoms with Crippen molar-refractivity contribution in [1.82, 2.24) is 0 Å². The molecule has 4 nitrogen and oxygen atoms in total. The van der Waals surface area contributed by atoms with E-state index in [1.165, 1.54) is 6.07 Å². The molecule has 0 N–H and O–H groups in total. The number of hydrogen-bond donors (Lipinski definition) is 0. The lowest BCUT2D eigenvalue weighted by Gasteiger charge is -1.99. The largest absolute Gasteiger partial charge is 0.277 e. The minimum absolute atomic E-state index is 0.0486. The van der Waals surface area contributed by atoms with Gasteiger partial charge in [0.1, 0.15) is 6.61 Å². The molecular formula is C8H8NO3. The zero-order chi connectivity index (χ0) is 9.14. The molecular weight excluding hydrogens is 158 g/mol. The zero-order valence-electron chi connectivity index (χ0n) is 6.61. The van der Waals surface area contributed by atoms with Crippen LogP contribution in [-0.2, 0) is 11.7 Å². The highest BCUT2D eigenvalue weighted by Gasteiger charge is 2.15. The maximum atomic E-state index is 10.5. The van der Waals surface area contributed by atoms with Gasteiger partial charge in [-0.15, -0.1) is 0 Å². The van der Waals surface area contributed by atoms with E-state index >= 15 is 0 Å². The van der Waals surface area contributed by atoms with Crippen LogP contribution in [0.15, 0.2) is 18.2 Å². The molecule has 0 saturated heterocycles. The van der Waals surface area contributed by atoms with Crippen LogP contribution in [0.5, 0.6) is 0 Å². The molecule has 0 amide bonds. The second-order valence-electron chi connectivity index (χ2n) is 2.48. The molecule has 1 rings (SSSR count). The Hall–Kier alpha value is -1.42. The highest BCUT2D eigenvalue weighted by molar-refractivity contribution is 5.46. The van der Waals surface area contributed by atoms with Gasteiger partial charge in [-0.3, -0.25) is 10.1 Å². The van der Waals surface area contributed by atoms with Gasteiger partial charge in [0.25, 0.3) is 5.69 Å². The maximum Gasteiger partial charge on any atom is 0.277 e. The summed E-state index contributed by atoms with van der Waals surface area (Å²) in [7, 11) is 0. The fraction of sp³-hybridized carbons (Fsp3) is 0.250. The first-order valence-corrected chi connectivity index (χ1v) is 3.48. The Morgan fingerprint density at radius 1 is 1.50 bits per heavy atom. The van der Waals surface area contributed by atoms with E-state index in [0.29, 0.717) is 5.56 Å². The zero-order valence-corrected chi connectivity index (χ0v) is 6.61. The van der Waals surface area contributed by atoms with Crippen LogP contribution in [-0.4, -0.2) is 4.92 Å². The second-order valence-corrected chi connectivity index (χ2v) is 2.48. The molecule has 0 saturated carbocycles. The smallest absolute Gasteiger partial charge is 0.258 e. The third-order valence-electron chi connectivity index (χ3n) is 1.66. The third kappa shape index (κ3) is 1.43. The van der Waals surface area contributed by atoms with Crippen LogP contribution in [0.25, 0.3) is 0 Å². The minimum Gasteiger partial charge on any atom is -0.258 e. The summed E-state index contributed by atoms with van der Waals surface area (Å²) >= 11 is 0. The highest BCUT2D eigenvalue weighted by atomic mass is 16.6. The number of rotatable bonds is 2. The molecule has 0 aromatic heterocycles. The predicted molar refractivity (Wildman–Crippen MR) is 42.2 cm³/mol. The molecule has 12 heavy (non-hydrogen) atoms. The van der Waals surface area contributed by atoms with Crippen molar-refractivity contribution in [3.63, 3.8) is 0 Å². The number of nitrogens with zero attached hydrogens (tertiary/aromatic N) is 1.